The maximum absolute atomic E-state index is 11.3. The lowest BCUT2D eigenvalue weighted by Gasteiger charge is -2.20. The molecule has 7 heteroatoms. The molecule has 0 rings (SSSR count). The molecule has 0 aliphatic carbocycles. The highest BCUT2D eigenvalue weighted by atomic mass is 32.2. The fourth-order valence-electron chi connectivity index (χ4n) is 0.852. The first-order valence-electron chi connectivity index (χ1n) is 4.97. The molecule has 0 aromatic rings. The number of nitrogens with one attached hydrogen (secondary N) is 2. The monoisotopic (exact) mass is 252 g/mol. The van der Waals surface area contributed by atoms with Gasteiger partial charge in [0.25, 0.3) is 0 Å². The van der Waals surface area contributed by atoms with E-state index in [4.69, 9.17) is 4.74 Å². The van der Waals surface area contributed by atoms with Crippen LogP contribution in [0.1, 0.15) is 27.7 Å². The lowest BCUT2D eigenvalue weighted by Crippen LogP contribution is -2.41. The lowest BCUT2D eigenvalue weighted by molar-refractivity contribution is 0.0528. The van der Waals surface area contributed by atoms with Crippen molar-refractivity contribution in [2.24, 2.45) is 0 Å². The van der Waals surface area contributed by atoms with E-state index in [1.54, 1.807) is 20.8 Å². The van der Waals surface area contributed by atoms with Gasteiger partial charge in [-0.2, -0.15) is 0 Å². The van der Waals surface area contributed by atoms with Crippen LogP contribution in [0, 0.1) is 0 Å². The Labute approximate surface area is 96.8 Å². The largest absolute Gasteiger partial charge is 0.444 e. The number of carbonyl (C=O) groups excluding carboxylic acids is 1. The molecule has 0 aliphatic heterocycles. The maximum atomic E-state index is 11.3. The van der Waals surface area contributed by atoms with Crippen molar-refractivity contribution in [1.82, 2.24) is 10.0 Å². The SMILES string of the molecule is CNS(=O)(=O)[C@@H](C)CNC(=O)OC(C)(C)C. The molecule has 0 fully saturated rings. The summed E-state index contributed by atoms with van der Waals surface area (Å²) < 4.78 is 29.7. The smallest absolute Gasteiger partial charge is 0.407 e. The Kier molecular flexibility index (Phi) is 5.21. The summed E-state index contributed by atoms with van der Waals surface area (Å²) in [6.07, 6.45) is -0.620. The summed E-state index contributed by atoms with van der Waals surface area (Å²) in [6.45, 7) is 6.72. The molecule has 0 saturated carbocycles. The van der Waals surface area contributed by atoms with E-state index in [2.05, 4.69) is 10.0 Å². The summed E-state index contributed by atoms with van der Waals surface area (Å²) >= 11 is 0. The second-order valence-electron chi connectivity index (χ2n) is 4.44. The van der Waals surface area contributed by atoms with Gasteiger partial charge >= 0.3 is 6.09 Å². The molecule has 1 atom stereocenters. The van der Waals surface area contributed by atoms with E-state index >= 15 is 0 Å². The molecule has 1 amide bonds. The minimum absolute atomic E-state index is 0.0120. The van der Waals surface area contributed by atoms with Gasteiger partial charge in [0.1, 0.15) is 5.60 Å². The third-order valence-electron chi connectivity index (χ3n) is 1.75. The van der Waals surface area contributed by atoms with Crippen molar-refractivity contribution in [1.29, 1.82) is 0 Å². The normalized spacial score (nSPS) is 14.3. The topological polar surface area (TPSA) is 84.5 Å². The number of hydrogen-bond acceptors (Lipinski definition) is 4. The van der Waals surface area contributed by atoms with Crippen LogP contribution >= 0.6 is 0 Å². The molecule has 0 bridgehead atoms. The summed E-state index contributed by atoms with van der Waals surface area (Å²) in [7, 11) is -2.03. The maximum Gasteiger partial charge on any atom is 0.407 e. The van der Waals surface area contributed by atoms with Gasteiger partial charge in [-0.25, -0.2) is 17.9 Å². The molecule has 0 unspecified atom stereocenters. The standard InChI is InChI=1S/C9H20N2O4S/c1-7(16(13,14)10-5)6-11-8(12)15-9(2,3)4/h7,10H,6H2,1-5H3,(H,11,12)/t7-/m0/s1. The van der Waals surface area contributed by atoms with Crippen molar-refractivity contribution in [3.05, 3.63) is 0 Å². The van der Waals surface area contributed by atoms with Gasteiger partial charge in [0.2, 0.25) is 10.0 Å². The molecule has 6 nitrogen and oxygen atoms in total. The molecule has 0 aliphatic rings. The highest BCUT2D eigenvalue weighted by Gasteiger charge is 2.21. The van der Waals surface area contributed by atoms with Crippen LogP contribution in [0.2, 0.25) is 0 Å². The molecule has 0 aromatic carbocycles. The first-order valence-corrected chi connectivity index (χ1v) is 6.52. The van der Waals surface area contributed by atoms with Gasteiger partial charge in [0, 0.05) is 6.54 Å². The van der Waals surface area contributed by atoms with Crippen molar-refractivity contribution in [3.8, 4) is 0 Å². The number of amides is 1. The first kappa shape index (κ1) is 15.2. The number of alkyl carbamates (subject to hydrolysis) is 1. The van der Waals surface area contributed by atoms with Crippen LogP contribution in [-0.2, 0) is 14.8 Å². The number of sulfonamides is 1. The van der Waals surface area contributed by atoms with E-state index in [9.17, 15) is 13.2 Å². The second-order valence-corrected chi connectivity index (χ2v) is 6.75. The zero-order valence-electron chi connectivity index (χ0n) is 10.3. The molecular formula is C9H20N2O4S. The van der Waals surface area contributed by atoms with Gasteiger partial charge in [0.05, 0.1) is 5.25 Å². The van der Waals surface area contributed by atoms with Crippen LogP contribution in [0.3, 0.4) is 0 Å². The van der Waals surface area contributed by atoms with Crippen LogP contribution in [0.5, 0.6) is 0 Å². The number of carbonyl (C=O) groups is 1. The molecule has 16 heavy (non-hydrogen) atoms. The molecule has 2 N–H and O–H groups in total. The van der Waals surface area contributed by atoms with E-state index in [0.29, 0.717) is 0 Å². The van der Waals surface area contributed by atoms with Gasteiger partial charge < -0.3 is 10.1 Å². The zero-order valence-corrected chi connectivity index (χ0v) is 11.1. The van der Waals surface area contributed by atoms with Crippen LogP contribution in [-0.4, -0.2) is 39.0 Å². The van der Waals surface area contributed by atoms with Gasteiger partial charge in [-0.15, -0.1) is 0 Å². The minimum Gasteiger partial charge on any atom is -0.444 e. The van der Waals surface area contributed by atoms with E-state index in [-0.39, 0.29) is 6.54 Å². The van der Waals surface area contributed by atoms with Crippen LogP contribution in [0.15, 0.2) is 0 Å². The highest BCUT2D eigenvalue weighted by molar-refractivity contribution is 7.90. The van der Waals surface area contributed by atoms with Crippen molar-refractivity contribution >= 4 is 16.1 Å². The predicted molar refractivity (Wildman–Crippen MR) is 61.7 cm³/mol. The summed E-state index contributed by atoms with van der Waals surface area (Å²) in [5.41, 5.74) is -0.588. The molecule has 0 radical (unpaired) electrons. The van der Waals surface area contributed by atoms with Crippen molar-refractivity contribution in [2.45, 2.75) is 38.5 Å². The first-order chi connectivity index (χ1) is 7.08. The molecule has 0 heterocycles. The molecule has 96 valence electrons. The fourth-order valence-corrected chi connectivity index (χ4v) is 1.56. The number of hydrogen-bond donors (Lipinski definition) is 2. The second kappa shape index (κ2) is 5.49. The van der Waals surface area contributed by atoms with Crippen molar-refractivity contribution < 1.29 is 17.9 Å². The van der Waals surface area contributed by atoms with E-state index in [1.807, 2.05) is 0 Å². The third kappa shape index (κ3) is 5.92. The van der Waals surface area contributed by atoms with Gasteiger partial charge in [-0.05, 0) is 34.7 Å². The Morgan fingerprint density at radius 2 is 1.88 bits per heavy atom. The van der Waals surface area contributed by atoms with E-state index in [1.165, 1.54) is 14.0 Å². The average molecular weight is 252 g/mol. The minimum atomic E-state index is -3.36. The van der Waals surface area contributed by atoms with E-state index < -0.39 is 27.0 Å². The molecular weight excluding hydrogens is 232 g/mol. The van der Waals surface area contributed by atoms with Gasteiger partial charge in [-0.1, -0.05) is 0 Å². The van der Waals surface area contributed by atoms with Crippen LogP contribution in [0.25, 0.3) is 0 Å². The van der Waals surface area contributed by atoms with Crippen LogP contribution in [0.4, 0.5) is 4.79 Å². The molecule has 0 saturated heterocycles. The quantitative estimate of drug-likeness (QED) is 0.760. The Morgan fingerprint density at radius 1 is 1.38 bits per heavy atom. The summed E-state index contributed by atoms with van der Waals surface area (Å²) in [4.78, 5) is 11.2. The highest BCUT2D eigenvalue weighted by Crippen LogP contribution is 2.06. The van der Waals surface area contributed by atoms with Crippen molar-refractivity contribution in [2.75, 3.05) is 13.6 Å². The fraction of sp³-hybridized carbons (Fsp3) is 0.889. The van der Waals surface area contributed by atoms with Crippen LogP contribution < -0.4 is 10.0 Å². The Balaban J connectivity index is 4.13. The Morgan fingerprint density at radius 3 is 2.25 bits per heavy atom. The zero-order chi connectivity index (χ0) is 13.0. The summed E-state index contributed by atoms with van der Waals surface area (Å²) in [6, 6.07) is 0. The Hall–Kier alpha value is -0.820. The Bertz CT molecular complexity index is 332. The average Bonchev–Trinajstić information content (AvgIpc) is 2.11. The third-order valence-corrected chi connectivity index (χ3v) is 3.54. The lowest BCUT2D eigenvalue weighted by atomic mass is 10.2. The molecule has 0 spiro atoms. The van der Waals surface area contributed by atoms with Gasteiger partial charge in [0.15, 0.2) is 0 Å². The summed E-state index contributed by atoms with van der Waals surface area (Å²) in [5, 5.41) is 1.70. The summed E-state index contributed by atoms with van der Waals surface area (Å²) in [5.74, 6) is 0. The van der Waals surface area contributed by atoms with Crippen molar-refractivity contribution in [3.63, 3.8) is 0 Å². The molecule has 0 aromatic heterocycles. The van der Waals surface area contributed by atoms with Gasteiger partial charge in [-0.3, -0.25) is 0 Å². The number of ether oxygens (including phenoxy) is 1. The predicted octanol–water partition coefficient (Wildman–Crippen LogP) is 0.449. The van der Waals surface area contributed by atoms with E-state index in [0.717, 1.165) is 0 Å². The number of rotatable bonds is 4.